The lowest BCUT2D eigenvalue weighted by molar-refractivity contribution is 0.411. The minimum Gasteiger partial charge on any atom is -0.378 e. The maximum absolute atomic E-state index is 6.06. The maximum atomic E-state index is 6.06. The number of nitrogens with two attached hydrogens (primary N) is 1. The largest absolute Gasteiger partial charge is 0.378 e. The highest BCUT2D eigenvalue weighted by Crippen LogP contribution is 2.38. The summed E-state index contributed by atoms with van der Waals surface area (Å²) < 4.78 is 5.30. The van der Waals surface area contributed by atoms with Crippen LogP contribution in [0.3, 0.4) is 0 Å². The molecule has 0 amide bonds. The molecule has 1 heterocycles. The number of aromatic nitrogens is 2. The smallest absolute Gasteiger partial charge is 0.257 e. The number of rotatable bonds is 4. The minimum absolute atomic E-state index is 0.0847. The lowest BCUT2D eigenvalue weighted by Crippen LogP contribution is -2.13. The van der Waals surface area contributed by atoms with Gasteiger partial charge in [0.1, 0.15) is 0 Å². The first kappa shape index (κ1) is 12.2. The van der Waals surface area contributed by atoms with Gasteiger partial charge in [-0.1, -0.05) is 5.16 Å². The molecule has 1 saturated carbocycles. The topological polar surface area (TPSA) is 68.2 Å². The fraction of sp³-hybridized carbons (Fsp3) is 0.429. The van der Waals surface area contributed by atoms with Gasteiger partial charge in [-0.2, -0.15) is 4.98 Å². The highest BCUT2D eigenvalue weighted by molar-refractivity contribution is 5.58. The van der Waals surface area contributed by atoms with E-state index in [1.807, 2.05) is 43.3 Å². The molecule has 0 aliphatic heterocycles. The van der Waals surface area contributed by atoms with Crippen LogP contribution in [0.1, 0.15) is 24.7 Å². The molecule has 1 aromatic heterocycles. The Morgan fingerprint density at radius 2 is 1.95 bits per heavy atom. The molecule has 3 rings (SSSR count). The molecule has 0 spiro atoms. The molecule has 1 aromatic carbocycles. The van der Waals surface area contributed by atoms with Crippen LogP contribution in [0.25, 0.3) is 11.5 Å². The number of hydrogen-bond acceptors (Lipinski definition) is 5. The SMILES string of the molecule is CN(C)c1ccc(-c2nc(C(N)C3CC3)no2)cc1. The van der Waals surface area contributed by atoms with Gasteiger partial charge < -0.3 is 15.2 Å². The number of hydrogen-bond donors (Lipinski definition) is 1. The summed E-state index contributed by atoms with van der Waals surface area (Å²) in [6, 6.07) is 7.93. The highest BCUT2D eigenvalue weighted by Gasteiger charge is 2.32. The molecule has 5 heteroatoms. The molecule has 100 valence electrons. The van der Waals surface area contributed by atoms with E-state index < -0.39 is 0 Å². The van der Waals surface area contributed by atoms with Gasteiger partial charge in [0.2, 0.25) is 0 Å². The van der Waals surface area contributed by atoms with Crippen molar-refractivity contribution in [2.45, 2.75) is 18.9 Å². The van der Waals surface area contributed by atoms with Gasteiger partial charge in [-0.3, -0.25) is 0 Å². The summed E-state index contributed by atoms with van der Waals surface area (Å²) in [6.45, 7) is 0. The fourth-order valence-corrected chi connectivity index (χ4v) is 2.06. The summed E-state index contributed by atoms with van der Waals surface area (Å²) in [5.41, 5.74) is 8.12. The van der Waals surface area contributed by atoms with E-state index >= 15 is 0 Å². The molecule has 2 aromatic rings. The van der Waals surface area contributed by atoms with Crippen molar-refractivity contribution in [3.63, 3.8) is 0 Å². The predicted molar refractivity (Wildman–Crippen MR) is 73.7 cm³/mol. The van der Waals surface area contributed by atoms with Crippen LogP contribution in [0.5, 0.6) is 0 Å². The lowest BCUT2D eigenvalue weighted by atomic mass is 10.2. The Kier molecular flexibility index (Phi) is 2.98. The highest BCUT2D eigenvalue weighted by atomic mass is 16.5. The van der Waals surface area contributed by atoms with Crippen molar-refractivity contribution in [2.24, 2.45) is 11.7 Å². The summed E-state index contributed by atoms with van der Waals surface area (Å²) in [6.07, 6.45) is 2.34. The Hall–Kier alpha value is -1.88. The third-order valence-electron chi connectivity index (χ3n) is 3.50. The van der Waals surface area contributed by atoms with Crippen LogP contribution in [0.4, 0.5) is 5.69 Å². The van der Waals surface area contributed by atoms with Crippen molar-refractivity contribution in [2.75, 3.05) is 19.0 Å². The van der Waals surface area contributed by atoms with Crippen LogP contribution in [0.2, 0.25) is 0 Å². The lowest BCUT2D eigenvalue weighted by Gasteiger charge is -2.11. The third kappa shape index (κ3) is 2.46. The summed E-state index contributed by atoms with van der Waals surface area (Å²) in [4.78, 5) is 6.45. The number of benzene rings is 1. The van der Waals surface area contributed by atoms with Crippen LogP contribution in [-0.2, 0) is 0 Å². The Balaban J connectivity index is 1.81. The van der Waals surface area contributed by atoms with Gasteiger partial charge in [0.05, 0.1) is 6.04 Å². The van der Waals surface area contributed by atoms with Crippen molar-refractivity contribution < 1.29 is 4.52 Å². The van der Waals surface area contributed by atoms with Gasteiger partial charge in [-0.05, 0) is 43.0 Å². The summed E-state index contributed by atoms with van der Waals surface area (Å²) in [5.74, 6) is 1.69. The molecule has 1 atom stereocenters. The van der Waals surface area contributed by atoms with Crippen molar-refractivity contribution >= 4 is 5.69 Å². The third-order valence-corrected chi connectivity index (χ3v) is 3.50. The zero-order valence-electron chi connectivity index (χ0n) is 11.2. The Bertz CT molecular complexity index is 557. The average Bonchev–Trinajstić information content (AvgIpc) is 3.15. The normalized spacial score (nSPS) is 16.4. The molecule has 0 saturated heterocycles. The van der Waals surface area contributed by atoms with Crippen LogP contribution in [-0.4, -0.2) is 24.2 Å². The molecule has 19 heavy (non-hydrogen) atoms. The standard InChI is InChI=1S/C14H18N4O/c1-18(2)11-7-5-10(6-8-11)14-16-13(17-19-14)12(15)9-3-4-9/h5-9,12H,3-4,15H2,1-2H3. The summed E-state index contributed by atoms with van der Waals surface area (Å²) in [7, 11) is 4.02. The molecule has 1 aliphatic carbocycles. The zero-order valence-corrected chi connectivity index (χ0v) is 11.2. The first-order chi connectivity index (χ1) is 9.15. The van der Waals surface area contributed by atoms with E-state index in [1.54, 1.807) is 0 Å². The van der Waals surface area contributed by atoms with E-state index in [9.17, 15) is 0 Å². The molecule has 2 N–H and O–H groups in total. The Labute approximate surface area is 112 Å². The van der Waals surface area contributed by atoms with E-state index in [-0.39, 0.29) is 6.04 Å². The number of anilines is 1. The first-order valence-corrected chi connectivity index (χ1v) is 6.52. The van der Waals surface area contributed by atoms with Crippen LogP contribution >= 0.6 is 0 Å². The zero-order chi connectivity index (χ0) is 13.4. The van der Waals surface area contributed by atoms with Crippen molar-refractivity contribution in [3.8, 4) is 11.5 Å². The van der Waals surface area contributed by atoms with E-state index in [0.29, 0.717) is 17.6 Å². The van der Waals surface area contributed by atoms with Crippen molar-refractivity contribution in [3.05, 3.63) is 30.1 Å². The second-order valence-corrected chi connectivity index (χ2v) is 5.26. The van der Waals surface area contributed by atoms with E-state index in [1.165, 1.54) is 12.8 Å². The van der Waals surface area contributed by atoms with Crippen molar-refractivity contribution in [1.29, 1.82) is 0 Å². The monoisotopic (exact) mass is 258 g/mol. The second kappa shape index (κ2) is 4.66. The maximum Gasteiger partial charge on any atom is 0.257 e. The second-order valence-electron chi connectivity index (χ2n) is 5.26. The van der Waals surface area contributed by atoms with E-state index in [2.05, 4.69) is 10.1 Å². The van der Waals surface area contributed by atoms with E-state index in [0.717, 1.165) is 11.3 Å². The molecule has 0 bridgehead atoms. The molecular weight excluding hydrogens is 240 g/mol. The number of nitrogens with zero attached hydrogens (tertiary/aromatic N) is 3. The minimum atomic E-state index is -0.0847. The van der Waals surface area contributed by atoms with Crippen LogP contribution in [0, 0.1) is 5.92 Å². The molecule has 5 nitrogen and oxygen atoms in total. The quantitative estimate of drug-likeness (QED) is 0.910. The summed E-state index contributed by atoms with van der Waals surface area (Å²) in [5, 5.41) is 3.99. The van der Waals surface area contributed by atoms with Crippen LogP contribution in [0.15, 0.2) is 28.8 Å². The molecule has 1 unspecified atom stereocenters. The van der Waals surface area contributed by atoms with Crippen LogP contribution < -0.4 is 10.6 Å². The molecule has 1 fully saturated rings. The van der Waals surface area contributed by atoms with Gasteiger partial charge in [-0.15, -0.1) is 0 Å². The van der Waals surface area contributed by atoms with Gasteiger partial charge in [0.15, 0.2) is 5.82 Å². The predicted octanol–water partition coefficient (Wildman–Crippen LogP) is 2.21. The molecule has 0 radical (unpaired) electrons. The Morgan fingerprint density at radius 1 is 1.26 bits per heavy atom. The summed E-state index contributed by atoms with van der Waals surface area (Å²) >= 11 is 0. The Morgan fingerprint density at radius 3 is 2.53 bits per heavy atom. The molecular formula is C14H18N4O. The molecule has 1 aliphatic rings. The fourth-order valence-electron chi connectivity index (χ4n) is 2.06. The van der Waals surface area contributed by atoms with Gasteiger partial charge in [-0.25, -0.2) is 0 Å². The van der Waals surface area contributed by atoms with Gasteiger partial charge in [0.25, 0.3) is 5.89 Å². The van der Waals surface area contributed by atoms with Crippen molar-refractivity contribution in [1.82, 2.24) is 10.1 Å². The van der Waals surface area contributed by atoms with Gasteiger partial charge >= 0.3 is 0 Å². The van der Waals surface area contributed by atoms with Gasteiger partial charge in [0, 0.05) is 25.3 Å². The first-order valence-electron chi connectivity index (χ1n) is 6.52. The van der Waals surface area contributed by atoms with E-state index in [4.69, 9.17) is 10.3 Å². The average molecular weight is 258 g/mol.